The Morgan fingerprint density at radius 2 is 0.821 bits per heavy atom. The molecule has 0 saturated heterocycles. The van der Waals surface area contributed by atoms with Gasteiger partial charge in [-0.1, -0.05) is 152 Å². The summed E-state index contributed by atoms with van der Waals surface area (Å²) in [6, 6.07) is 67.3. The van der Waals surface area contributed by atoms with Gasteiger partial charge in [-0.25, -0.2) is 9.97 Å². The van der Waals surface area contributed by atoms with E-state index in [9.17, 15) is 0 Å². The van der Waals surface area contributed by atoms with Gasteiger partial charge in [0.05, 0.1) is 11.4 Å². The van der Waals surface area contributed by atoms with Gasteiger partial charge in [0.1, 0.15) is 22.3 Å². The van der Waals surface area contributed by atoms with E-state index in [1.165, 1.54) is 5.56 Å². The van der Waals surface area contributed by atoms with Gasteiger partial charge >= 0.3 is 0 Å². The van der Waals surface area contributed by atoms with Crippen LogP contribution < -0.4 is 0 Å². The first-order valence-corrected chi connectivity index (χ1v) is 18.8. The van der Waals surface area contributed by atoms with Gasteiger partial charge in [0.25, 0.3) is 0 Å². The predicted octanol–water partition coefficient (Wildman–Crippen LogP) is 14.3. The molecule has 11 rings (SSSR count). The average Bonchev–Trinajstić information content (AvgIpc) is 3.86. The van der Waals surface area contributed by atoms with E-state index in [0.717, 1.165) is 99.8 Å². The van der Waals surface area contributed by atoms with Crippen LogP contribution in [0, 0.1) is 0 Å². The van der Waals surface area contributed by atoms with Crippen molar-refractivity contribution >= 4 is 43.9 Å². The summed E-state index contributed by atoms with van der Waals surface area (Å²) in [6.45, 7) is 0. The highest BCUT2D eigenvalue weighted by atomic mass is 16.3. The van der Waals surface area contributed by atoms with Crippen molar-refractivity contribution in [3.8, 4) is 67.3 Å². The minimum atomic E-state index is 0.653. The Morgan fingerprint density at radius 1 is 0.304 bits per heavy atom. The molecule has 3 aromatic heterocycles. The highest BCUT2D eigenvalue weighted by Crippen LogP contribution is 2.43. The first-order valence-electron chi connectivity index (χ1n) is 18.8. The molecule has 0 aliphatic carbocycles. The lowest BCUT2D eigenvalue weighted by Gasteiger charge is -2.12. The molecule has 0 radical (unpaired) electrons. The Labute approximate surface area is 323 Å². The topological polar surface area (TPSA) is 52.1 Å². The maximum Gasteiger partial charge on any atom is 0.161 e. The molecule has 8 aromatic carbocycles. The normalized spacial score (nSPS) is 11.6. The van der Waals surface area contributed by atoms with Crippen molar-refractivity contribution in [2.45, 2.75) is 0 Å². The Balaban J connectivity index is 1.04. The summed E-state index contributed by atoms with van der Waals surface area (Å²) < 4.78 is 12.9. The molecule has 262 valence electrons. The van der Waals surface area contributed by atoms with E-state index < -0.39 is 0 Å². The second-order valence-corrected chi connectivity index (χ2v) is 14.1. The van der Waals surface area contributed by atoms with Crippen molar-refractivity contribution in [1.82, 2.24) is 9.97 Å². The van der Waals surface area contributed by atoms with Crippen molar-refractivity contribution in [2.24, 2.45) is 0 Å². The highest BCUT2D eigenvalue weighted by Gasteiger charge is 2.19. The number of benzene rings is 8. The molecule has 4 nitrogen and oxygen atoms in total. The Morgan fingerprint density at radius 3 is 1.57 bits per heavy atom. The van der Waals surface area contributed by atoms with Crippen molar-refractivity contribution in [1.29, 1.82) is 0 Å². The molecular formula is C52H32N2O2. The molecule has 0 N–H and O–H groups in total. The molecule has 0 fully saturated rings. The monoisotopic (exact) mass is 716 g/mol. The van der Waals surface area contributed by atoms with E-state index in [-0.39, 0.29) is 0 Å². The van der Waals surface area contributed by atoms with Crippen LogP contribution in [0.1, 0.15) is 0 Å². The summed E-state index contributed by atoms with van der Waals surface area (Å²) in [7, 11) is 0. The maximum absolute atomic E-state index is 6.64. The summed E-state index contributed by atoms with van der Waals surface area (Å²) in [5, 5.41) is 4.30. The van der Waals surface area contributed by atoms with Gasteiger partial charge < -0.3 is 8.83 Å². The van der Waals surface area contributed by atoms with Crippen LogP contribution in [0.15, 0.2) is 203 Å². The number of furan rings is 2. The number of hydrogen-bond acceptors (Lipinski definition) is 4. The van der Waals surface area contributed by atoms with Crippen LogP contribution in [0.3, 0.4) is 0 Å². The van der Waals surface area contributed by atoms with Crippen LogP contribution in [0.25, 0.3) is 111 Å². The summed E-state index contributed by atoms with van der Waals surface area (Å²) in [6.07, 6.45) is 0. The van der Waals surface area contributed by atoms with Crippen LogP contribution in [-0.2, 0) is 0 Å². The van der Waals surface area contributed by atoms with Crippen molar-refractivity contribution < 1.29 is 8.83 Å². The Kier molecular flexibility index (Phi) is 7.46. The lowest BCUT2D eigenvalue weighted by atomic mass is 9.93. The molecule has 11 aromatic rings. The summed E-state index contributed by atoms with van der Waals surface area (Å²) in [4.78, 5) is 10.4. The van der Waals surface area contributed by atoms with Crippen LogP contribution >= 0.6 is 0 Å². The molecule has 0 aliphatic heterocycles. The highest BCUT2D eigenvalue weighted by molar-refractivity contribution is 6.16. The van der Waals surface area contributed by atoms with Gasteiger partial charge in [-0.05, 0) is 70.3 Å². The third-order valence-corrected chi connectivity index (χ3v) is 10.7. The van der Waals surface area contributed by atoms with Gasteiger partial charge in [0.15, 0.2) is 5.82 Å². The van der Waals surface area contributed by atoms with Crippen molar-refractivity contribution in [3.05, 3.63) is 194 Å². The molecular weight excluding hydrogens is 685 g/mol. The van der Waals surface area contributed by atoms with E-state index in [1.807, 2.05) is 54.6 Å². The fourth-order valence-electron chi connectivity index (χ4n) is 8.07. The van der Waals surface area contributed by atoms with E-state index in [1.54, 1.807) is 0 Å². The SMILES string of the molecule is c1ccc(-c2cc(-c3cccc(-c4cccc(-c5ccc(-c6ccccc6)c6c5oc5ccccc56)c4)c3)nc(-c3cccc4oc5ccccc5c34)n2)cc1. The number of para-hydroxylation sites is 2. The third-order valence-electron chi connectivity index (χ3n) is 10.7. The van der Waals surface area contributed by atoms with E-state index in [4.69, 9.17) is 18.8 Å². The number of nitrogens with zero attached hydrogens (tertiary/aromatic N) is 2. The largest absolute Gasteiger partial charge is 0.456 e. The second-order valence-electron chi connectivity index (χ2n) is 14.1. The fraction of sp³-hybridized carbons (Fsp3) is 0. The first kappa shape index (κ1) is 31.9. The van der Waals surface area contributed by atoms with Crippen molar-refractivity contribution in [2.75, 3.05) is 0 Å². The van der Waals surface area contributed by atoms with Gasteiger partial charge in [-0.3, -0.25) is 0 Å². The zero-order chi connectivity index (χ0) is 37.0. The van der Waals surface area contributed by atoms with E-state index >= 15 is 0 Å². The van der Waals surface area contributed by atoms with Crippen LogP contribution in [-0.4, -0.2) is 9.97 Å². The van der Waals surface area contributed by atoms with Gasteiger partial charge in [-0.15, -0.1) is 0 Å². The number of rotatable bonds is 6. The molecule has 3 heterocycles. The number of fused-ring (bicyclic) bond motifs is 6. The molecule has 0 unspecified atom stereocenters. The minimum Gasteiger partial charge on any atom is -0.456 e. The van der Waals surface area contributed by atoms with E-state index in [0.29, 0.717) is 5.82 Å². The molecule has 4 heteroatoms. The van der Waals surface area contributed by atoms with Gasteiger partial charge in [-0.2, -0.15) is 0 Å². The summed E-state index contributed by atoms with van der Waals surface area (Å²) >= 11 is 0. The lowest BCUT2D eigenvalue weighted by Crippen LogP contribution is -1.96. The van der Waals surface area contributed by atoms with Crippen LogP contribution in [0.2, 0.25) is 0 Å². The smallest absolute Gasteiger partial charge is 0.161 e. The third kappa shape index (κ3) is 5.39. The van der Waals surface area contributed by atoms with Gasteiger partial charge in [0, 0.05) is 43.8 Å². The molecule has 0 atom stereocenters. The fourth-order valence-corrected chi connectivity index (χ4v) is 8.07. The molecule has 0 amide bonds. The molecule has 56 heavy (non-hydrogen) atoms. The quantitative estimate of drug-likeness (QED) is 0.172. The molecule has 0 aliphatic rings. The van der Waals surface area contributed by atoms with Crippen molar-refractivity contribution in [3.63, 3.8) is 0 Å². The molecule has 0 saturated carbocycles. The minimum absolute atomic E-state index is 0.653. The summed E-state index contributed by atoms with van der Waals surface area (Å²) in [5.74, 6) is 0.653. The zero-order valence-electron chi connectivity index (χ0n) is 30.2. The number of hydrogen-bond donors (Lipinski definition) is 0. The summed E-state index contributed by atoms with van der Waals surface area (Å²) in [5.41, 5.74) is 14.8. The average molecular weight is 717 g/mol. The number of aromatic nitrogens is 2. The van der Waals surface area contributed by atoms with Crippen LogP contribution in [0.4, 0.5) is 0 Å². The van der Waals surface area contributed by atoms with E-state index in [2.05, 4.69) is 140 Å². The maximum atomic E-state index is 6.64. The Bertz CT molecular complexity index is 3250. The lowest BCUT2D eigenvalue weighted by molar-refractivity contribution is 0.669. The zero-order valence-corrected chi connectivity index (χ0v) is 30.2. The molecule has 0 bridgehead atoms. The Hall–Kier alpha value is -7.56. The van der Waals surface area contributed by atoms with Gasteiger partial charge in [0.2, 0.25) is 0 Å². The second kappa shape index (κ2) is 13.1. The first-order chi connectivity index (χ1) is 27.7. The van der Waals surface area contributed by atoms with Crippen LogP contribution in [0.5, 0.6) is 0 Å². The standard InChI is InChI=1S/C52H32N2O2/c1-3-14-33(15-4-1)39-28-29-40(51-50(39)42-23-8-10-26-47(42)56-51)37-20-11-18-35(30-37)36-19-12-21-38(31-36)45-32-44(34-16-5-2-6-17-34)53-52(54-45)43-24-13-27-48-49(43)41-22-7-9-25-46(41)55-48/h1-32H. The molecule has 0 spiro atoms. The predicted molar refractivity (Wildman–Crippen MR) is 229 cm³/mol.